The predicted octanol–water partition coefficient (Wildman–Crippen LogP) is 1.80. The third-order valence-corrected chi connectivity index (χ3v) is 5.32. The van der Waals surface area contributed by atoms with E-state index in [1.807, 2.05) is 39.8 Å². The molecule has 0 amide bonds. The second-order valence-electron chi connectivity index (χ2n) is 8.94. The lowest BCUT2D eigenvalue weighted by molar-refractivity contribution is 0.00682. The minimum atomic E-state index is -1.34. The van der Waals surface area contributed by atoms with Crippen LogP contribution in [-0.4, -0.2) is 55.3 Å². The number of hydrogen-bond donors (Lipinski definition) is 3. The molecule has 12 nitrogen and oxygen atoms in total. The van der Waals surface area contributed by atoms with Gasteiger partial charge in [-0.05, 0) is 63.3 Å². The molecule has 0 radical (unpaired) electrons. The van der Waals surface area contributed by atoms with E-state index in [0.717, 1.165) is 36.1 Å². The van der Waals surface area contributed by atoms with Crippen molar-refractivity contribution in [3.8, 4) is 0 Å². The van der Waals surface area contributed by atoms with Crippen LogP contribution in [0.2, 0.25) is 0 Å². The fourth-order valence-corrected chi connectivity index (χ4v) is 3.72. The van der Waals surface area contributed by atoms with E-state index in [-0.39, 0.29) is 23.5 Å². The molecule has 0 saturated heterocycles. The van der Waals surface area contributed by atoms with Gasteiger partial charge in [0.1, 0.15) is 5.60 Å². The van der Waals surface area contributed by atoms with Crippen LogP contribution in [0.1, 0.15) is 81.3 Å². The molecule has 4 N–H and O–H groups in total. The number of hydrogen-bond acceptors (Lipinski definition) is 9. The lowest BCUT2D eigenvalue weighted by Crippen LogP contribution is -2.24. The highest BCUT2D eigenvalue weighted by molar-refractivity contribution is 5.93. The van der Waals surface area contributed by atoms with Crippen LogP contribution in [0.5, 0.6) is 0 Å². The average Bonchev–Trinajstić information content (AvgIpc) is 3.34. The number of nitrogens with one attached hydrogen (secondary N) is 1. The number of nitrogens with zero attached hydrogens (tertiary/aromatic N) is 3. The second kappa shape index (κ2) is 9.66. The minimum absolute atomic E-state index is 0.117. The predicted molar refractivity (Wildman–Crippen MR) is 124 cm³/mol. The lowest BCUT2D eigenvalue weighted by atomic mass is 9.98. The fourth-order valence-electron chi connectivity index (χ4n) is 3.72. The largest absolute Gasteiger partial charge is 0.477 e. The maximum atomic E-state index is 12.1. The average molecular weight is 485 g/mol. The minimum Gasteiger partial charge on any atom is -0.477 e. The number of esters is 2. The summed E-state index contributed by atoms with van der Waals surface area (Å²) in [7, 11) is 1.13. The van der Waals surface area contributed by atoms with Crippen molar-refractivity contribution in [3.63, 3.8) is 0 Å². The molecule has 1 atom stereocenters. The van der Waals surface area contributed by atoms with Gasteiger partial charge in [-0.3, -0.25) is 0 Å². The third kappa shape index (κ3) is 5.54. The van der Waals surface area contributed by atoms with Crippen LogP contribution in [-0.2, 0) is 15.9 Å². The Labute approximate surface area is 200 Å². The van der Waals surface area contributed by atoms with E-state index >= 15 is 0 Å². The topological polar surface area (TPSA) is 179 Å². The smallest absolute Gasteiger partial charge is 0.363 e. The van der Waals surface area contributed by atoms with Crippen molar-refractivity contribution in [2.75, 3.05) is 7.11 Å². The number of carboxylic acids is 1. The number of nitrogens with two attached hydrogens (primary N) is 1. The van der Waals surface area contributed by atoms with Gasteiger partial charge >= 0.3 is 23.6 Å². The third-order valence-electron chi connectivity index (χ3n) is 5.32. The Hall–Kier alpha value is -4.06. The molecule has 186 valence electrons. The molecule has 1 aliphatic rings. The Morgan fingerprint density at radius 2 is 1.89 bits per heavy atom. The molecule has 3 aromatic rings. The van der Waals surface area contributed by atoms with E-state index < -0.39 is 28.9 Å². The van der Waals surface area contributed by atoms with Crippen LogP contribution in [0.15, 0.2) is 23.0 Å². The van der Waals surface area contributed by atoms with Gasteiger partial charge in [0.2, 0.25) is 0 Å². The zero-order valence-corrected chi connectivity index (χ0v) is 20.0. The highest BCUT2D eigenvalue weighted by atomic mass is 16.6. The summed E-state index contributed by atoms with van der Waals surface area (Å²) in [6, 6.07) is 4.91. The zero-order valence-electron chi connectivity index (χ0n) is 20.0. The molecule has 2 aromatic heterocycles. The first-order chi connectivity index (χ1) is 16.3. The van der Waals surface area contributed by atoms with E-state index in [0.29, 0.717) is 5.56 Å². The Bertz CT molecular complexity index is 1370. The quantitative estimate of drug-likeness (QED) is 0.463. The van der Waals surface area contributed by atoms with Gasteiger partial charge in [0.05, 0.1) is 12.7 Å². The van der Waals surface area contributed by atoms with Crippen molar-refractivity contribution in [1.29, 1.82) is 0 Å². The number of carbonyl (C=O) groups is 3. The van der Waals surface area contributed by atoms with Crippen molar-refractivity contribution in [1.82, 2.24) is 19.6 Å². The second-order valence-corrected chi connectivity index (χ2v) is 8.94. The van der Waals surface area contributed by atoms with Crippen LogP contribution < -0.4 is 11.4 Å². The molecule has 0 unspecified atom stereocenters. The summed E-state index contributed by atoms with van der Waals surface area (Å²) in [4.78, 5) is 52.3. The van der Waals surface area contributed by atoms with Gasteiger partial charge in [0, 0.05) is 12.1 Å². The number of carbonyl (C=O) groups excluding carboxylic acids is 2. The molecule has 0 spiro atoms. The lowest BCUT2D eigenvalue weighted by Gasteiger charge is -2.21. The van der Waals surface area contributed by atoms with Crippen LogP contribution in [0, 0.1) is 6.92 Å². The number of benzene rings is 1. The van der Waals surface area contributed by atoms with E-state index in [4.69, 9.17) is 15.6 Å². The first-order valence-corrected chi connectivity index (χ1v) is 10.7. The van der Waals surface area contributed by atoms with Gasteiger partial charge in [-0.15, -0.1) is 0 Å². The number of ether oxygens (including phenoxy) is 2. The highest BCUT2D eigenvalue weighted by Crippen LogP contribution is 2.33. The highest BCUT2D eigenvalue weighted by Gasteiger charge is 2.26. The van der Waals surface area contributed by atoms with Gasteiger partial charge in [0.25, 0.3) is 5.78 Å². The summed E-state index contributed by atoms with van der Waals surface area (Å²) in [5.41, 5.74) is 8.34. The number of methoxy groups -OCH3 is 1. The molecule has 12 heteroatoms. The fraction of sp³-hybridized carbons (Fsp3) is 0.391. The summed E-state index contributed by atoms with van der Waals surface area (Å²) in [6.07, 6.45) is 1.92. The van der Waals surface area contributed by atoms with Crippen molar-refractivity contribution < 1.29 is 29.0 Å². The first-order valence-electron chi connectivity index (χ1n) is 10.7. The number of carboxylic acid groups (broad SMARTS) is 1. The number of aromatic nitrogens is 4. The zero-order chi connectivity index (χ0) is 26.1. The number of aromatic carboxylic acids is 1. The molecule has 0 fully saturated rings. The Morgan fingerprint density at radius 1 is 1.20 bits per heavy atom. The Kier molecular flexibility index (Phi) is 7.06. The molecule has 0 aliphatic heterocycles. The summed E-state index contributed by atoms with van der Waals surface area (Å²) >= 11 is 0. The molecule has 35 heavy (non-hydrogen) atoms. The van der Waals surface area contributed by atoms with Gasteiger partial charge in [-0.25, -0.2) is 33.8 Å². The summed E-state index contributed by atoms with van der Waals surface area (Å²) in [6.45, 7) is 7.62. The maximum Gasteiger partial charge on any atom is 0.363 e. The van der Waals surface area contributed by atoms with Gasteiger partial charge < -0.3 is 20.3 Å². The molecular weight excluding hydrogens is 458 g/mol. The SMILES string of the molecule is COC(=O)c1cc(C(=O)O)nc2nc(=O)[nH]n12.Cc1c(C(=O)OC(C)(C)C)ccc2c1CC[C@@H]2N. The van der Waals surface area contributed by atoms with Crippen molar-refractivity contribution in [2.45, 2.75) is 52.2 Å². The van der Waals surface area contributed by atoms with Gasteiger partial charge in [0.15, 0.2) is 11.4 Å². The summed E-state index contributed by atoms with van der Waals surface area (Å²) < 4.78 is 10.8. The van der Waals surface area contributed by atoms with E-state index in [1.54, 1.807) is 0 Å². The maximum absolute atomic E-state index is 12.1. The van der Waals surface area contributed by atoms with Crippen LogP contribution >= 0.6 is 0 Å². The number of H-pyrrole nitrogens is 1. The van der Waals surface area contributed by atoms with E-state index in [1.165, 1.54) is 11.1 Å². The number of rotatable bonds is 3. The van der Waals surface area contributed by atoms with Crippen molar-refractivity contribution in [3.05, 3.63) is 62.3 Å². The van der Waals surface area contributed by atoms with Crippen molar-refractivity contribution >= 4 is 23.7 Å². The molecule has 4 rings (SSSR count). The normalized spacial score (nSPS) is 14.6. The number of aromatic amines is 1. The number of fused-ring (bicyclic) bond motifs is 2. The Morgan fingerprint density at radius 3 is 2.49 bits per heavy atom. The van der Waals surface area contributed by atoms with E-state index in [9.17, 15) is 19.2 Å². The molecular formula is C23H27N5O7. The summed E-state index contributed by atoms with van der Waals surface area (Å²) in [5.74, 6) is -2.61. The van der Waals surface area contributed by atoms with E-state index in [2.05, 4.69) is 19.8 Å². The standard InChI is InChI=1S/C15H21NO2.C8H6N4O5/c1-9-10-7-8-13(16)12(10)6-5-11(9)14(17)18-15(2,3)4;1-17-6(15)4-2-3(5(13)14)9-7-10-8(16)11-12(4)7/h5-6,13H,7-8,16H2,1-4H3;2H,1H3,(H,11,16)(H,13,14)/t13-;/m0./s1. The van der Waals surface area contributed by atoms with Gasteiger partial charge in [-0.2, -0.15) is 4.98 Å². The Balaban J connectivity index is 0.000000196. The van der Waals surface area contributed by atoms with Crippen LogP contribution in [0.3, 0.4) is 0 Å². The molecule has 0 bridgehead atoms. The molecule has 2 heterocycles. The van der Waals surface area contributed by atoms with Crippen LogP contribution in [0.4, 0.5) is 0 Å². The van der Waals surface area contributed by atoms with Crippen LogP contribution in [0.25, 0.3) is 5.78 Å². The monoisotopic (exact) mass is 485 g/mol. The summed E-state index contributed by atoms with van der Waals surface area (Å²) in [5, 5.41) is 11.0. The molecule has 1 aliphatic carbocycles. The first kappa shape index (κ1) is 25.6. The molecule has 0 saturated carbocycles. The van der Waals surface area contributed by atoms with Crippen molar-refractivity contribution in [2.24, 2.45) is 5.73 Å². The van der Waals surface area contributed by atoms with Gasteiger partial charge in [-0.1, -0.05) is 6.07 Å². The molecule has 1 aromatic carbocycles.